The Morgan fingerprint density at radius 1 is 1.45 bits per heavy atom. The van der Waals surface area contributed by atoms with Gasteiger partial charge in [0.15, 0.2) is 0 Å². The van der Waals surface area contributed by atoms with Gasteiger partial charge in [0, 0.05) is 25.3 Å². The van der Waals surface area contributed by atoms with Crippen LogP contribution in [-0.2, 0) is 13.0 Å². The normalized spacial score (nSPS) is 14.8. The van der Waals surface area contributed by atoms with E-state index in [2.05, 4.69) is 16.7 Å². The molecule has 0 unspecified atom stereocenters. The molecule has 2 rings (SSSR count). The highest BCUT2D eigenvalue weighted by Crippen LogP contribution is 2.21. The van der Waals surface area contributed by atoms with Crippen LogP contribution in [0.4, 0.5) is 0 Å². The van der Waals surface area contributed by atoms with E-state index in [1.807, 2.05) is 26.0 Å². The van der Waals surface area contributed by atoms with Crippen LogP contribution in [0.5, 0.6) is 0 Å². The third-order valence-electron chi connectivity index (χ3n) is 3.90. The van der Waals surface area contributed by atoms with Crippen molar-refractivity contribution in [2.45, 2.75) is 33.2 Å². The monoisotopic (exact) mass is 276 g/mol. The third-order valence-corrected chi connectivity index (χ3v) is 3.90. The van der Waals surface area contributed by atoms with E-state index in [4.69, 9.17) is 5.11 Å². The number of rotatable bonds is 5. The van der Waals surface area contributed by atoms with Crippen molar-refractivity contribution >= 4 is 5.91 Å². The predicted molar refractivity (Wildman–Crippen MR) is 79.7 cm³/mol. The Hall–Kier alpha value is -1.39. The number of hydrogen-bond acceptors (Lipinski definition) is 3. The zero-order valence-corrected chi connectivity index (χ0v) is 12.3. The Kier molecular flexibility index (Phi) is 4.78. The second kappa shape index (κ2) is 6.37. The van der Waals surface area contributed by atoms with Crippen LogP contribution in [-0.4, -0.2) is 30.7 Å². The number of hydrogen-bond donors (Lipinski definition) is 3. The zero-order valence-electron chi connectivity index (χ0n) is 12.3. The van der Waals surface area contributed by atoms with Gasteiger partial charge in [0.1, 0.15) is 0 Å². The molecule has 1 aromatic carbocycles. The minimum absolute atomic E-state index is 0.00485. The molecular weight excluding hydrogens is 252 g/mol. The van der Waals surface area contributed by atoms with E-state index in [0.717, 1.165) is 25.1 Å². The Bertz CT molecular complexity index is 483. The SMILES string of the molecule is CC(C)(CCO)CNC(=O)c1cccc2c1CCNC2. The largest absolute Gasteiger partial charge is 0.396 e. The third kappa shape index (κ3) is 3.58. The number of benzene rings is 1. The molecule has 0 spiro atoms. The maximum Gasteiger partial charge on any atom is 0.251 e. The van der Waals surface area contributed by atoms with Crippen LogP contribution in [0.15, 0.2) is 18.2 Å². The first-order valence-corrected chi connectivity index (χ1v) is 7.24. The lowest BCUT2D eigenvalue weighted by Crippen LogP contribution is -2.36. The zero-order chi connectivity index (χ0) is 14.6. The van der Waals surface area contributed by atoms with E-state index < -0.39 is 0 Å². The van der Waals surface area contributed by atoms with Gasteiger partial charge in [-0.25, -0.2) is 0 Å². The smallest absolute Gasteiger partial charge is 0.251 e. The summed E-state index contributed by atoms with van der Waals surface area (Å²) < 4.78 is 0. The minimum Gasteiger partial charge on any atom is -0.396 e. The average molecular weight is 276 g/mol. The van der Waals surface area contributed by atoms with Crippen LogP contribution in [0.2, 0.25) is 0 Å². The summed E-state index contributed by atoms with van der Waals surface area (Å²) in [6, 6.07) is 5.92. The van der Waals surface area contributed by atoms with E-state index in [1.165, 1.54) is 11.1 Å². The Morgan fingerprint density at radius 3 is 3.00 bits per heavy atom. The molecule has 0 bridgehead atoms. The topological polar surface area (TPSA) is 61.4 Å². The molecule has 1 heterocycles. The first kappa shape index (κ1) is 15.0. The Morgan fingerprint density at radius 2 is 2.25 bits per heavy atom. The molecule has 0 fully saturated rings. The second-order valence-corrected chi connectivity index (χ2v) is 6.19. The van der Waals surface area contributed by atoms with Gasteiger partial charge in [-0.15, -0.1) is 0 Å². The number of carbonyl (C=O) groups excluding carboxylic acids is 1. The lowest BCUT2D eigenvalue weighted by molar-refractivity contribution is 0.0927. The van der Waals surface area contributed by atoms with Crippen molar-refractivity contribution in [3.63, 3.8) is 0 Å². The molecule has 3 N–H and O–H groups in total. The van der Waals surface area contributed by atoms with Crippen molar-refractivity contribution in [1.29, 1.82) is 0 Å². The molecule has 20 heavy (non-hydrogen) atoms. The van der Waals surface area contributed by atoms with Crippen LogP contribution < -0.4 is 10.6 Å². The minimum atomic E-state index is -0.0825. The van der Waals surface area contributed by atoms with Crippen LogP contribution >= 0.6 is 0 Å². The lowest BCUT2D eigenvalue weighted by Gasteiger charge is -2.25. The van der Waals surface area contributed by atoms with Crippen molar-refractivity contribution in [2.24, 2.45) is 5.41 Å². The van der Waals surface area contributed by atoms with Crippen LogP contribution in [0.1, 0.15) is 41.8 Å². The predicted octanol–water partition coefficient (Wildman–Crippen LogP) is 1.47. The maximum atomic E-state index is 12.4. The quantitative estimate of drug-likeness (QED) is 0.763. The van der Waals surface area contributed by atoms with Crippen LogP contribution in [0.25, 0.3) is 0 Å². The van der Waals surface area contributed by atoms with Gasteiger partial charge in [-0.1, -0.05) is 26.0 Å². The van der Waals surface area contributed by atoms with Crippen molar-refractivity contribution in [3.8, 4) is 0 Å². The maximum absolute atomic E-state index is 12.4. The number of carbonyl (C=O) groups is 1. The van der Waals surface area contributed by atoms with Gasteiger partial charge < -0.3 is 15.7 Å². The molecule has 0 saturated heterocycles. The van der Waals surface area contributed by atoms with E-state index in [0.29, 0.717) is 13.0 Å². The summed E-state index contributed by atoms with van der Waals surface area (Å²) in [6.45, 7) is 6.59. The number of nitrogens with one attached hydrogen (secondary N) is 2. The average Bonchev–Trinajstić information content (AvgIpc) is 2.44. The van der Waals surface area contributed by atoms with Gasteiger partial charge in [0.2, 0.25) is 0 Å². The van der Waals surface area contributed by atoms with E-state index in [9.17, 15) is 4.79 Å². The Labute approximate surface area is 120 Å². The highest BCUT2D eigenvalue weighted by Gasteiger charge is 2.21. The van der Waals surface area contributed by atoms with Gasteiger partial charge in [-0.3, -0.25) is 4.79 Å². The number of fused-ring (bicyclic) bond motifs is 1. The van der Waals surface area contributed by atoms with Gasteiger partial charge in [-0.2, -0.15) is 0 Å². The highest BCUT2D eigenvalue weighted by molar-refractivity contribution is 5.96. The molecule has 1 aliphatic heterocycles. The van der Waals surface area contributed by atoms with Crippen molar-refractivity contribution in [1.82, 2.24) is 10.6 Å². The van der Waals surface area contributed by atoms with Gasteiger partial charge >= 0.3 is 0 Å². The molecule has 4 heteroatoms. The molecule has 0 aromatic heterocycles. The molecule has 0 saturated carbocycles. The summed E-state index contributed by atoms with van der Waals surface area (Å²) in [5, 5.41) is 15.3. The summed E-state index contributed by atoms with van der Waals surface area (Å²) in [7, 11) is 0. The number of aliphatic hydroxyl groups excluding tert-OH is 1. The Balaban J connectivity index is 2.06. The molecule has 110 valence electrons. The summed E-state index contributed by atoms with van der Waals surface area (Å²) in [6.07, 6.45) is 1.59. The molecule has 0 atom stereocenters. The van der Waals surface area contributed by atoms with Crippen molar-refractivity contribution in [2.75, 3.05) is 19.7 Å². The lowest BCUT2D eigenvalue weighted by atomic mass is 9.89. The van der Waals surface area contributed by atoms with Gasteiger partial charge in [-0.05, 0) is 42.0 Å². The highest BCUT2D eigenvalue weighted by atomic mass is 16.3. The standard InChI is InChI=1S/C16H24N2O2/c1-16(2,7-9-19)11-18-15(20)14-5-3-4-12-10-17-8-6-13(12)14/h3-5,17,19H,6-11H2,1-2H3,(H,18,20). The fourth-order valence-corrected chi connectivity index (χ4v) is 2.55. The first-order chi connectivity index (χ1) is 9.53. The molecular formula is C16H24N2O2. The summed E-state index contributed by atoms with van der Waals surface area (Å²) >= 11 is 0. The van der Waals surface area contributed by atoms with Crippen LogP contribution in [0.3, 0.4) is 0 Å². The second-order valence-electron chi connectivity index (χ2n) is 6.19. The fraction of sp³-hybridized carbons (Fsp3) is 0.562. The van der Waals surface area contributed by atoms with E-state index in [-0.39, 0.29) is 17.9 Å². The fourth-order valence-electron chi connectivity index (χ4n) is 2.55. The van der Waals surface area contributed by atoms with Gasteiger partial charge in [0.25, 0.3) is 5.91 Å². The molecule has 1 aliphatic rings. The summed E-state index contributed by atoms with van der Waals surface area (Å²) in [4.78, 5) is 12.4. The summed E-state index contributed by atoms with van der Waals surface area (Å²) in [5.41, 5.74) is 3.10. The first-order valence-electron chi connectivity index (χ1n) is 7.24. The summed E-state index contributed by atoms with van der Waals surface area (Å²) in [5.74, 6) is -0.00485. The molecule has 1 aromatic rings. The number of amides is 1. The molecule has 1 amide bonds. The van der Waals surface area contributed by atoms with E-state index in [1.54, 1.807) is 0 Å². The van der Waals surface area contributed by atoms with Gasteiger partial charge in [0.05, 0.1) is 0 Å². The number of aliphatic hydroxyl groups is 1. The molecule has 0 aliphatic carbocycles. The molecule has 4 nitrogen and oxygen atoms in total. The van der Waals surface area contributed by atoms with Crippen LogP contribution in [0, 0.1) is 5.41 Å². The van der Waals surface area contributed by atoms with E-state index >= 15 is 0 Å². The van der Waals surface area contributed by atoms with Crippen molar-refractivity contribution < 1.29 is 9.90 Å². The molecule has 0 radical (unpaired) electrons. The van der Waals surface area contributed by atoms with Crippen molar-refractivity contribution in [3.05, 3.63) is 34.9 Å².